The number of benzene rings is 2. The molecule has 3 amide bonds. The quantitative estimate of drug-likeness (QED) is 0.0887. The lowest BCUT2D eigenvalue weighted by molar-refractivity contribution is -0.135. The Morgan fingerprint density at radius 1 is 0.691 bits per heavy atom. The van der Waals surface area contributed by atoms with Crippen molar-refractivity contribution in [3.8, 4) is 33.6 Å². The maximum absolute atomic E-state index is 13.8. The molecule has 13 nitrogen and oxygen atoms in total. The van der Waals surface area contributed by atoms with Crippen molar-refractivity contribution in [2.45, 2.75) is 77.5 Å². The fraction of sp³-hybridized carbons (Fsp3) is 0.381. The zero-order chi connectivity index (χ0) is 38.6. The van der Waals surface area contributed by atoms with Gasteiger partial charge in [-0.15, -0.1) is 0 Å². The largest absolute Gasteiger partial charge is 0.465 e. The van der Waals surface area contributed by atoms with Gasteiger partial charge >= 0.3 is 6.09 Å². The molecule has 3 aromatic heterocycles. The summed E-state index contributed by atoms with van der Waals surface area (Å²) >= 11 is 0. The van der Waals surface area contributed by atoms with E-state index in [1.807, 2.05) is 37.1 Å². The number of hydrogen-bond acceptors (Lipinski definition) is 7. The normalized spacial score (nSPS) is 18.1. The Morgan fingerprint density at radius 2 is 1.16 bits per heavy atom. The van der Waals surface area contributed by atoms with E-state index in [1.165, 1.54) is 0 Å². The smallest absolute Gasteiger partial charge is 0.405 e. The van der Waals surface area contributed by atoms with Crippen LogP contribution in [0.25, 0.3) is 33.6 Å². The van der Waals surface area contributed by atoms with E-state index in [9.17, 15) is 19.5 Å². The van der Waals surface area contributed by atoms with Gasteiger partial charge in [0.05, 0.1) is 41.6 Å². The van der Waals surface area contributed by atoms with Gasteiger partial charge in [0.15, 0.2) is 0 Å². The van der Waals surface area contributed by atoms with Crippen LogP contribution in [-0.4, -0.2) is 82.9 Å². The number of aromatic nitrogens is 5. The van der Waals surface area contributed by atoms with Crippen molar-refractivity contribution < 1.29 is 19.5 Å². The topological polar surface area (TPSA) is 172 Å². The van der Waals surface area contributed by atoms with Gasteiger partial charge in [-0.25, -0.2) is 14.8 Å². The molecular formula is C42H49N9O4. The van der Waals surface area contributed by atoms with Crippen LogP contribution < -0.4 is 10.6 Å². The number of nitrogens with zero attached hydrogens (tertiary/aromatic N) is 5. The summed E-state index contributed by atoms with van der Waals surface area (Å²) in [4.78, 5) is 62.8. The van der Waals surface area contributed by atoms with Crippen LogP contribution in [-0.2, 0) is 9.59 Å². The number of carbonyl (C=O) groups excluding carboxylic acids is 2. The van der Waals surface area contributed by atoms with Crippen molar-refractivity contribution in [3.05, 3.63) is 97.1 Å². The van der Waals surface area contributed by atoms with Gasteiger partial charge in [0.1, 0.15) is 23.7 Å². The Hall–Kier alpha value is -5.98. The number of amides is 3. The van der Waals surface area contributed by atoms with Crippen LogP contribution in [0.5, 0.6) is 0 Å². The summed E-state index contributed by atoms with van der Waals surface area (Å²) in [6.07, 6.45) is 9.26. The van der Waals surface area contributed by atoms with Gasteiger partial charge in [-0.2, -0.15) is 0 Å². The number of hydrogen-bond donors (Lipinski definition) is 5. The molecule has 2 fully saturated rings. The van der Waals surface area contributed by atoms with E-state index in [1.54, 1.807) is 23.5 Å². The van der Waals surface area contributed by atoms with Crippen molar-refractivity contribution in [2.75, 3.05) is 18.4 Å². The molecule has 13 heteroatoms. The highest BCUT2D eigenvalue weighted by Crippen LogP contribution is 2.35. The number of pyridine rings is 1. The Balaban J connectivity index is 1.00. The zero-order valence-electron chi connectivity index (χ0n) is 31.7. The number of carbonyl (C=O) groups is 3. The molecule has 0 saturated carbocycles. The Kier molecular flexibility index (Phi) is 11.0. The maximum atomic E-state index is 13.8. The minimum absolute atomic E-state index is 0.0714. The second kappa shape index (κ2) is 16.2. The SMILES string of the molecule is CC(C)[C@H](NC(=O)O)C(=O)N1CCC[C@H]1c1ncc(-c2ccc(-c3ccc(-c4cnc([C@@H]5CCCN5C(=O)[C@@H](Nc5cccnc5)C(C)C)[nH]4)cc3)cc2)[nH]1. The van der Waals surface area contributed by atoms with E-state index >= 15 is 0 Å². The van der Waals surface area contributed by atoms with Gasteiger partial charge in [-0.3, -0.25) is 14.6 Å². The lowest BCUT2D eigenvalue weighted by Crippen LogP contribution is -2.50. The third kappa shape index (κ3) is 8.10. The molecule has 0 bridgehead atoms. The number of H-pyrrole nitrogens is 2. The van der Waals surface area contributed by atoms with E-state index in [2.05, 4.69) is 92.9 Å². The first kappa shape index (κ1) is 37.3. The first-order chi connectivity index (χ1) is 26.6. The molecule has 0 aliphatic carbocycles. The van der Waals surface area contributed by atoms with E-state index in [0.29, 0.717) is 18.9 Å². The Labute approximate surface area is 321 Å². The van der Waals surface area contributed by atoms with Crippen molar-refractivity contribution >= 4 is 23.6 Å². The molecule has 0 radical (unpaired) electrons. The number of likely N-dealkylation sites (tertiary alicyclic amines) is 2. The van der Waals surface area contributed by atoms with E-state index < -0.39 is 12.1 Å². The van der Waals surface area contributed by atoms with Crippen LogP contribution in [0.1, 0.15) is 77.1 Å². The van der Waals surface area contributed by atoms with Crippen LogP contribution in [0.2, 0.25) is 0 Å². The third-order valence-corrected chi connectivity index (χ3v) is 10.7. The molecule has 2 aliphatic rings. The van der Waals surface area contributed by atoms with Crippen molar-refractivity contribution in [3.63, 3.8) is 0 Å². The molecule has 7 rings (SSSR count). The maximum Gasteiger partial charge on any atom is 0.405 e. The van der Waals surface area contributed by atoms with Crippen molar-refractivity contribution in [1.82, 2.24) is 40.0 Å². The summed E-state index contributed by atoms with van der Waals surface area (Å²) in [5.74, 6) is 1.26. The molecule has 5 heterocycles. The van der Waals surface area contributed by atoms with Crippen LogP contribution in [0.3, 0.4) is 0 Å². The van der Waals surface area contributed by atoms with Crippen LogP contribution in [0.4, 0.5) is 10.5 Å². The van der Waals surface area contributed by atoms with Gasteiger partial charge in [0, 0.05) is 25.5 Å². The van der Waals surface area contributed by atoms with E-state index in [-0.39, 0.29) is 41.8 Å². The van der Waals surface area contributed by atoms with Gasteiger partial charge in [0.25, 0.3) is 0 Å². The van der Waals surface area contributed by atoms with E-state index in [0.717, 1.165) is 70.8 Å². The monoisotopic (exact) mass is 743 g/mol. The average molecular weight is 744 g/mol. The molecule has 5 N–H and O–H groups in total. The van der Waals surface area contributed by atoms with Crippen LogP contribution >= 0.6 is 0 Å². The number of imidazole rings is 2. The fourth-order valence-electron chi connectivity index (χ4n) is 7.76. The molecule has 286 valence electrons. The molecule has 2 saturated heterocycles. The number of carboxylic acid groups (broad SMARTS) is 1. The average Bonchev–Trinajstić information content (AvgIpc) is 4.02. The fourth-order valence-corrected chi connectivity index (χ4v) is 7.76. The highest BCUT2D eigenvalue weighted by molar-refractivity contribution is 5.86. The number of anilines is 1. The second-order valence-corrected chi connectivity index (χ2v) is 15.2. The first-order valence-corrected chi connectivity index (χ1v) is 19.2. The zero-order valence-corrected chi connectivity index (χ0v) is 31.7. The summed E-state index contributed by atoms with van der Waals surface area (Å²) < 4.78 is 0. The molecule has 2 aromatic carbocycles. The highest BCUT2D eigenvalue weighted by atomic mass is 16.4. The van der Waals surface area contributed by atoms with E-state index in [4.69, 9.17) is 4.98 Å². The second-order valence-electron chi connectivity index (χ2n) is 15.2. The molecule has 4 atom stereocenters. The van der Waals surface area contributed by atoms with Gasteiger partial charge in [0.2, 0.25) is 11.8 Å². The predicted octanol–water partition coefficient (Wildman–Crippen LogP) is 7.28. The summed E-state index contributed by atoms with van der Waals surface area (Å²) in [5.41, 5.74) is 6.70. The van der Waals surface area contributed by atoms with Crippen molar-refractivity contribution in [2.24, 2.45) is 11.8 Å². The van der Waals surface area contributed by atoms with Crippen molar-refractivity contribution in [1.29, 1.82) is 0 Å². The number of nitrogens with one attached hydrogen (secondary N) is 4. The molecular weight excluding hydrogens is 695 g/mol. The summed E-state index contributed by atoms with van der Waals surface area (Å²) in [7, 11) is 0. The molecule has 5 aromatic rings. The summed E-state index contributed by atoms with van der Waals surface area (Å²) in [6, 6.07) is 18.9. The highest BCUT2D eigenvalue weighted by Gasteiger charge is 2.38. The van der Waals surface area contributed by atoms with Gasteiger partial charge < -0.3 is 35.5 Å². The lowest BCUT2D eigenvalue weighted by atomic mass is 10.0. The minimum atomic E-state index is -1.21. The summed E-state index contributed by atoms with van der Waals surface area (Å²) in [6.45, 7) is 9.04. The lowest BCUT2D eigenvalue weighted by Gasteiger charge is -2.30. The Bertz CT molecular complexity index is 2090. The first-order valence-electron chi connectivity index (χ1n) is 19.2. The standard InChI is InChI=1S/C42H49N9O4/c1-25(2)36(46-31-8-5-19-43-22-31)40(52)50-20-6-9-34(50)38-44-23-32(47-38)29-15-11-27(12-16-29)28-13-17-30(18-14-28)33-24-45-39(48-33)35-10-7-21-51(35)41(53)37(26(3)4)49-42(54)55/h5,8,11-19,22-26,34-37,46,49H,6-7,9-10,20-21H2,1-4H3,(H,44,47)(H,45,48)(H,54,55)/t34-,35-,36-,37-/m0/s1. The number of rotatable bonds is 12. The van der Waals surface area contributed by atoms with Crippen LogP contribution in [0, 0.1) is 11.8 Å². The third-order valence-electron chi connectivity index (χ3n) is 10.7. The molecule has 55 heavy (non-hydrogen) atoms. The number of aromatic amines is 2. The minimum Gasteiger partial charge on any atom is -0.465 e. The molecule has 0 unspecified atom stereocenters. The Morgan fingerprint density at radius 3 is 1.60 bits per heavy atom. The predicted molar refractivity (Wildman–Crippen MR) is 211 cm³/mol. The van der Waals surface area contributed by atoms with Gasteiger partial charge in [-0.05, 0) is 71.9 Å². The van der Waals surface area contributed by atoms with Crippen LogP contribution in [0.15, 0.2) is 85.5 Å². The summed E-state index contributed by atoms with van der Waals surface area (Å²) in [5, 5.41) is 15.1. The van der Waals surface area contributed by atoms with Gasteiger partial charge in [-0.1, -0.05) is 76.2 Å². The molecule has 0 spiro atoms. The molecule has 2 aliphatic heterocycles.